The fraction of sp³-hybridized carbons (Fsp3) is 0.400. The molecule has 1 saturated heterocycles. The molecule has 15 heavy (non-hydrogen) atoms. The van der Waals surface area contributed by atoms with E-state index in [4.69, 9.17) is 5.11 Å². The Morgan fingerprint density at radius 1 is 1.60 bits per heavy atom. The fourth-order valence-electron chi connectivity index (χ4n) is 1.50. The Labute approximate surface area is 87.3 Å². The van der Waals surface area contributed by atoms with Gasteiger partial charge in [-0.15, -0.1) is 0 Å². The van der Waals surface area contributed by atoms with E-state index in [1.54, 1.807) is 12.3 Å². The lowest BCUT2D eigenvalue weighted by Crippen LogP contribution is -2.50. The Hall–Kier alpha value is -1.62. The lowest BCUT2D eigenvalue weighted by molar-refractivity contribution is 0.0600. The molecule has 0 unspecified atom stereocenters. The number of methoxy groups -OCH3 is 1. The second kappa shape index (κ2) is 3.86. The molecule has 0 bridgehead atoms. The second-order valence-electron chi connectivity index (χ2n) is 3.48. The number of pyridine rings is 1. The van der Waals surface area contributed by atoms with Crippen molar-refractivity contribution in [1.82, 2.24) is 4.98 Å². The monoisotopic (exact) mass is 208 g/mol. The Balaban J connectivity index is 2.16. The summed E-state index contributed by atoms with van der Waals surface area (Å²) in [6.45, 7) is 1.18. The van der Waals surface area contributed by atoms with Crippen molar-refractivity contribution in [2.75, 3.05) is 25.1 Å². The van der Waals surface area contributed by atoms with Crippen LogP contribution in [-0.2, 0) is 4.74 Å². The number of carbonyl (C=O) groups is 1. The Morgan fingerprint density at radius 2 is 2.33 bits per heavy atom. The molecule has 2 heterocycles. The maximum absolute atomic E-state index is 11.2. The van der Waals surface area contributed by atoms with Crippen LogP contribution in [-0.4, -0.2) is 42.4 Å². The van der Waals surface area contributed by atoms with E-state index in [0.29, 0.717) is 18.7 Å². The van der Waals surface area contributed by atoms with Crippen LogP contribution in [0.1, 0.15) is 10.4 Å². The molecule has 2 rings (SSSR count). The summed E-state index contributed by atoms with van der Waals surface area (Å²) in [5.41, 5.74) is 1.26. The number of carbonyl (C=O) groups excluding carboxylic acids is 1. The molecule has 5 nitrogen and oxygen atoms in total. The average molecular weight is 208 g/mol. The highest BCUT2D eigenvalue weighted by Gasteiger charge is 2.25. The molecule has 0 radical (unpaired) electrons. The van der Waals surface area contributed by atoms with Gasteiger partial charge in [0.15, 0.2) is 0 Å². The number of hydrogen-bond donors (Lipinski definition) is 1. The van der Waals surface area contributed by atoms with Crippen molar-refractivity contribution >= 4 is 11.7 Å². The number of esters is 1. The molecular formula is C10H12N2O3. The molecule has 5 heteroatoms. The zero-order chi connectivity index (χ0) is 10.8. The second-order valence-corrected chi connectivity index (χ2v) is 3.48. The van der Waals surface area contributed by atoms with E-state index in [0.717, 1.165) is 5.69 Å². The van der Waals surface area contributed by atoms with Crippen LogP contribution in [0, 0.1) is 0 Å². The number of anilines is 1. The first-order valence-electron chi connectivity index (χ1n) is 4.67. The zero-order valence-electron chi connectivity index (χ0n) is 8.38. The summed E-state index contributed by atoms with van der Waals surface area (Å²) in [6, 6.07) is 1.71. The maximum Gasteiger partial charge on any atom is 0.339 e. The molecule has 1 N–H and O–H groups in total. The summed E-state index contributed by atoms with van der Waals surface area (Å²) >= 11 is 0. The van der Waals surface area contributed by atoms with Gasteiger partial charge in [0.1, 0.15) is 0 Å². The van der Waals surface area contributed by atoms with Crippen molar-refractivity contribution in [2.45, 2.75) is 6.10 Å². The molecule has 0 aliphatic carbocycles. The van der Waals surface area contributed by atoms with Crippen LogP contribution in [0.2, 0.25) is 0 Å². The van der Waals surface area contributed by atoms with Crippen LogP contribution in [0.3, 0.4) is 0 Å². The highest BCUT2D eigenvalue weighted by atomic mass is 16.5. The molecule has 1 aromatic rings. The Kier molecular flexibility index (Phi) is 2.55. The molecule has 0 spiro atoms. The van der Waals surface area contributed by atoms with Gasteiger partial charge < -0.3 is 14.7 Å². The number of β-amino-alcohol motifs (C(OH)–C–C–N with tert-alkyl or cyclic N) is 1. The number of nitrogens with zero attached hydrogens (tertiary/aromatic N) is 2. The maximum atomic E-state index is 11.2. The van der Waals surface area contributed by atoms with Crippen molar-refractivity contribution in [2.24, 2.45) is 0 Å². The number of aliphatic hydroxyl groups is 1. The number of aromatic nitrogens is 1. The van der Waals surface area contributed by atoms with Gasteiger partial charge in [-0.25, -0.2) is 4.79 Å². The minimum atomic E-state index is -0.398. The van der Waals surface area contributed by atoms with Crippen LogP contribution in [0.4, 0.5) is 5.69 Å². The van der Waals surface area contributed by atoms with Crippen LogP contribution in [0.15, 0.2) is 18.5 Å². The predicted octanol–water partition coefficient (Wildman–Crippen LogP) is 0.0491. The smallest absolute Gasteiger partial charge is 0.339 e. The van der Waals surface area contributed by atoms with Crippen molar-refractivity contribution in [3.63, 3.8) is 0 Å². The first kappa shape index (κ1) is 9.92. The first-order valence-corrected chi connectivity index (χ1v) is 4.67. The summed E-state index contributed by atoms with van der Waals surface area (Å²) in [7, 11) is 1.34. The number of aliphatic hydroxyl groups excluding tert-OH is 1. The summed E-state index contributed by atoms with van der Waals surface area (Å²) in [5.74, 6) is -0.398. The molecular weight excluding hydrogens is 196 g/mol. The molecule has 1 aliphatic rings. The number of hydrogen-bond acceptors (Lipinski definition) is 5. The first-order chi connectivity index (χ1) is 7.20. The molecule has 0 amide bonds. The van der Waals surface area contributed by atoms with Crippen LogP contribution in [0.5, 0.6) is 0 Å². The summed E-state index contributed by atoms with van der Waals surface area (Å²) < 4.78 is 4.60. The van der Waals surface area contributed by atoms with Crippen LogP contribution >= 0.6 is 0 Å². The van der Waals surface area contributed by atoms with Crippen molar-refractivity contribution < 1.29 is 14.6 Å². The van der Waals surface area contributed by atoms with Gasteiger partial charge in [-0.05, 0) is 6.07 Å². The predicted molar refractivity (Wildman–Crippen MR) is 53.8 cm³/mol. The SMILES string of the molecule is COC(=O)c1cncc(N2CC(O)C2)c1. The van der Waals surface area contributed by atoms with Crippen LogP contribution in [0.25, 0.3) is 0 Å². The minimum Gasteiger partial charge on any atom is -0.465 e. The highest BCUT2D eigenvalue weighted by Crippen LogP contribution is 2.20. The summed E-state index contributed by atoms with van der Waals surface area (Å²) in [5, 5.41) is 9.15. The molecule has 0 atom stereocenters. The summed E-state index contributed by atoms with van der Waals surface area (Å²) in [4.78, 5) is 17.1. The lowest BCUT2D eigenvalue weighted by atomic mass is 10.1. The van der Waals surface area contributed by atoms with E-state index >= 15 is 0 Å². The summed E-state index contributed by atoms with van der Waals surface area (Å²) in [6.07, 6.45) is 2.86. The molecule has 1 aromatic heterocycles. The van der Waals surface area contributed by atoms with Gasteiger partial charge in [-0.3, -0.25) is 4.98 Å². The third kappa shape index (κ3) is 1.92. The average Bonchev–Trinajstić information content (AvgIpc) is 2.24. The van der Waals surface area contributed by atoms with E-state index in [-0.39, 0.29) is 6.10 Å². The quantitative estimate of drug-likeness (QED) is 0.696. The third-order valence-electron chi connectivity index (χ3n) is 2.37. The topological polar surface area (TPSA) is 62.7 Å². The van der Waals surface area contributed by atoms with Crippen molar-refractivity contribution in [3.8, 4) is 0 Å². The van der Waals surface area contributed by atoms with E-state index in [9.17, 15) is 4.79 Å². The van der Waals surface area contributed by atoms with E-state index in [2.05, 4.69) is 9.72 Å². The number of ether oxygens (including phenoxy) is 1. The van der Waals surface area contributed by atoms with E-state index < -0.39 is 5.97 Å². The minimum absolute atomic E-state index is 0.271. The molecule has 0 saturated carbocycles. The van der Waals surface area contributed by atoms with Gasteiger partial charge >= 0.3 is 5.97 Å². The Bertz CT molecular complexity index is 375. The van der Waals surface area contributed by atoms with E-state index in [1.807, 2.05) is 4.90 Å². The standard InChI is InChI=1S/C10H12N2O3/c1-15-10(14)7-2-8(4-11-3-7)12-5-9(13)6-12/h2-4,9,13H,5-6H2,1H3. The van der Waals surface area contributed by atoms with Crippen molar-refractivity contribution in [3.05, 3.63) is 24.0 Å². The zero-order valence-corrected chi connectivity index (χ0v) is 8.38. The molecule has 0 aromatic carbocycles. The molecule has 1 fully saturated rings. The van der Waals surface area contributed by atoms with E-state index in [1.165, 1.54) is 13.3 Å². The molecule has 80 valence electrons. The van der Waals surface area contributed by atoms with Gasteiger partial charge in [-0.2, -0.15) is 0 Å². The highest BCUT2D eigenvalue weighted by molar-refractivity contribution is 5.90. The largest absolute Gasteiger partial charge is 0.465 e. The normalized spacial score (nSPS) is 16.0. The molecule has 1 aliphatic heterocycles. The fourth-order valence-corrected chi connectivity index (χ4v) is 1.50. The van der Waals surface area contributed by atoms with Gasteiger partial charge in [-0.1, -0.05) is 0 Å². The third-order valence-corrected chi connectivity index (χ3v) is 2.37. The van der Waals surface area contributed by atoms with Gasteiger partial charge in [0.05, 0.1) is 30.7 Å². The Morgan fingerprint density at radius 3 is 2.93 bits per heavy atom. The number of rotatable bonds is 2. The van der Waals surface area contributed by atoms with Gasteiger partial charge in [0, 0.05) is 19.3 Å². The lowest BCUT2D eigenvalue weighted by Gasteiger charge is -2.37. The van der Waals surface area contributed by atoms with Crippen LogP contribution < -0.4 is 4.90 Å². The van der Waals surface area contributed by atoms with Gasteiger partial charge in [0.25, 0.3) is 0 Å². The van der Waals surface area contributed by atoms with Crippen molar-refractivity contribution in [1.29, 1.82) is 0 Å². The van der Waals surface area contributed by atoms with Gasteiger partial charge in [0.2, 0.25) is 0 Å².